The van der Waals surface area contributed by atoms with Gasteiger partial charge in [0, 0.05) is 19.7 Å². The first-order valence-corrected chi connectivity index (χ1v) is 7.04. The topological polar surface area (TPSA) is 67.8 Å². The van der Waals surface area contributed by atoms with Crippen LogP contribution in [-0.4, -0.2) is 43.5 Å². The molecule has 0 bridgehead atoms. The molecule has 0 aromatic heterocycles. The van der Waals surface area contributed by atoms with E-state index in [4.69, 9.17) is 14.6 Å². The van der Waals surface area contributed by atoms with E-state index in [-0.39, 0.29) is 5.56 Å². The molecule has 1 heterocycles. The molecule has 1 aliphatic heterocycles. The fraction of sp³-hybridized carbons (Fsp3) is 0.533. The summed E-state index contributed by atoms with van der Waals surface area (Å²) >= 11 is 0. The van der Waals surface area contributed by atoms with Gasteiger partial charge in [0.05, 0.1) is 11.7 Å². The minimum Gasteiger partial charge on any atom is -0.492 e. The molecule has 0 radical (unpaired) electrons. The Morgan fingerprint density at radius 3 is 2.80 bits per heavy atom. The number of rotatable bonds is 7. The number of carboxylic acids is 1. The molecular weight excluding hydrogens is 258 g/mol. The number of benzene rings is 1. The van der Waals surface area contributed by atoms with Crippen molar-refractivity contribution >= 4 is 5.97 Å². The maximum atomic E-state index is 10.7. The fourth-order valence-electron chi connectivity index (χ4n) is 2.17. The lowest BCUT2D eigenvalue weighted by atomic mass is 10.1. The molecule has 1 fully saturated rings. The summed E-state index contributed by atoms with van der Waals surface area (Å²) in [5.41, 5.74) is 0.268. The highest BCUT2D eigenvalue weighted by atomic mass is 16.5. The number of hydrogen-bond donors (Lipinski definition) is 2. The van der Waals surface area contributed by atoms with Crippen LogP contribution in [0.15, 0.2) is 24.3 Å². The summed E-state index contributed by atoms with van der Waals surface area (Å²) < 4.78 is 11.2. The molecule has 5 nitrogen and oxygen atoms in total. The number of carboxylic acid groups (broad SMARTS) is 1. The molecule has 1 aliphatic rings. The molecule has 2 rings (SSSR count). The molecule has 20 heavy (non-hydrogen) atoms. The number of carbonyl (C=O) groups is 1. The molecule has 5 heteroatoms. The molecular formula is C15H21NO4. The third kappa shape index (κ3) is 4.83. The van der Waals surface area contributed by atoms with E-state index in [0.29, 0.717) is 18.5 Å². The van der Waals surface area contributed by atoms with Gasteiger partial charge in [-0.25, -0.2) is 4.79 Å². The summed E-state index contributed by atoms with van der Waals surface area (Å²) in [6.45, 7) is 3.04. The third-order valence-electron chi connectivity index (χ3n) is 3.29. The predicted octanol–water partition coefficient (Wildman–Crippen LogP) is 1.92. The highest BCUT2D eigenvalue weighted by molar-refractivity contribution is 5.87. The average Bonchev–Trinajstić information content (AvgIpc) is 2.48. The van der Waals surface area contributed by atoms with Gasteiger partial charge < -0.3 is 19.9 Å². The van der Waals surface area contributed by atoms with E-state index in [1.807, 2.05) is 0 Å². The number of nitrogens with one attached hydrogen (secondary N) is 1. The van der Waals surface area contributed by atoms with Gasteiger partial charge in [-0.05, 0) is 43.5 Å². The second-order valence-electron chi connectivity index (χ2n) is 4.87. The molecule has 110 valence electrons. The first-order chi connectivity index (χ1) is 9.75. The summed E-state index contributed by atoms with van der Waals surface area (Å²) in [6.07, 6.45) is 3.88. The summed E-state index contributed by atoms with van der Waals surface area (Å²) in [6, 6.07) is 6.43. The van der Waals surface area contributed by atoms with Crippen molar-refractivity contribution in [2.45, 2.75) is 25.4 Å². The van der Waals surface area contributed by atoms with Crippen molar-refractivity contribution in [1.29, 1.82) is 0 Å². The monoisotopic (exact) mass is 279 g/mol. The van der Waals surface area contributed by atoms with E-state index in [1.165, 1.54) is 12.8 Å². The van der Waals surface area contributed by atoms with E-state index in [0.717, 1.165) is 26.1 Å². The van der Waals surface area contributed by atoms with Crippen LogP contribution in [0.5, 0.6) is 5.75 Å². The van der Waals surface area contributed by atoms with E-state index in [1.54, 1.807) is 24.3 Å². The zero-order chi connectivity index (χ0) is 14.2. The Kier molecular flexibility index (Phi) is 5.83. The minimum atomic E-state index is -0.925. The zero-order valence-electron chi connectivity index (χ0n) is 11.5. The van der Waals surface area contributed by atoms with Crippen molar-refractivity contribution in [2.24, 2.45) is 0 Å². The lowest BCUT2D eigenvalue weighted by Gasteiger charge is -2.22. The number of ether oxygens (including phenoxy) is 2. The smallest absolute Gasteiger partial charge is 0.335 e. The Balaban J connectivity index is 1.59. The zero-order valence-corrected chi connectivity index (χ0v) is 11.5. The highest BCUT2D eigenvalue weighted by Crippen LogP contribution is 2.12. The summed E-state index contributed by atoms with van der Waals surface area (Å²) in [7, 11) is 0. The van der Waals surface area contributed by atoms with E-state index in [9.17, 15) is 4.79 Å². The molecule has 0 spiro atoms. The van der Waals surface area contributed by atoms with Crippen LogP contribution < -0.4 is 10.1 Å². The van der Waals surface area contributed by atoms with Gasteiger partial charge >= 0.3 is 5.97 Å². The van der Waals surface area contributed by atoms with E-state index in [2.05, 4.69) is 5.32 Å². The van der Waals surface area contributed by atoms with Gasteiger partial charge in [0.1, 0.15) is 12.4 Å². The van der Waals surface area contributed by atoms with Gasteiger partial charge in [-0.2, -0.15) is 0 Å². The lowest BCUT2D eigenvalue weighted by molar-refractivity contribution is 0.0167. The van der Waals surface area contributed by atoms with Crippen molar-refractivity contribution < 1.29 is 19.4 Å². The average molecular weight is 279 g/mol. The number of aromatic carboxylic acids is 1. The van der Waals surface area contributed by atoms with Gasteiger partial charge in [-0.15, -0.1) is 0 Å². The maximum absolute atomic E-state index is 10.7. The first kappa shape index (κ1) is 14.8. The molecule has 1 saturated heterocycles. The van der Waals surface area contributed by atoms with Crippen LogP contribution in [0.4, 0.5) is 0 Å². The largest absolute Gasteiger partial charge is 0.492 e. The van der Waals surface area contributed by atoms with Crippen molar-refractivity contribution in [3.8, 4) is 5.75 Å². The molecule has 0 aliphatic carbocycles. The molecule has 1 aromatic carbocycles. The maximum Gasteiger partial charge on any atom is 0.335 e. The first-order valence-electron chi connectivity index (χ1n) is 7.04. The Morgan fingerprint density at radius 1 is 1.35 bits per heavy atom. The van der Waals surface area contributed by atoms with Crippen molar-refractivity contribution in [2.75, 3.05) is 26.3 Å². The molecule has 0 amide bonds. The highest BCUT2D eigenvalue weighted by Gasteiger charge is 2.12. The summed E-state index contributed by atoms with van der Waals surface area (Å²) in [4.78, 5) is 10.7. The molecule has 1 atom stereocenters. The van der Waals surface area contributed by atoms with Crippen LogP contribution in [0.2, 0.25) is 0 Å². The van der Waals surface area contributed by atoms with Crippen LogP contribution in [0, 0.1) is 0 Å². The normalized spacial score (nSPS) is 18.7. The second kappa shape index (κ2) is 7.87. The van der Waals surface area contributed by atoms with Gasteiger partial charge in [0.15, 0.2) is 0 Å². The Labute approximate surface area is 118 Å². The van der Waals surface area contributed by atoms with Crippen LogP contribution >= 0.6 is 0 Å². The Morgan fingerprint density at radius 2 is 2.15 bits per heavy atom. The van der Waals surface area contributed by atoms with Gasteiger partial charge in [-0.3, -0.25) is 0 Å². The van der Waals surface area contributed by atoms with Crippen molar-refractivity contribution in [3.05, 3.63) is 29.8 Å². The second-order valence-corrected chi connectivity index (χ2v) is 4.87. The van der Waals surface area contributed by atoms with Crippen LogP contribution in [0.25, 0.3) is 0 Å². The van der Waals surface area contributed by atoms with Crippen molar-refractivity contribution in [1.82, 2.24) is 5.32 Å². The van der Waals surface area contributed by atoms with Crippen molar-refractivity contribution in [3.63, 3.8) is 0 Å². The molecule has 2 N–H and O–H groups in total. The molecule has 1 unspecified atom stereocenters. The van der Waals surface area contributed by atoms with E-state index >= 15 is 0 Å². The van der Waals surface area contributed by atoms with Crippen LogP contribution in [-0.2, 0) is 4.74 Å². The quantitative estimate of drug-likeness (QED) is 0.746. The Hall–Kier alpha value is -1.59. The van der Waals surface area contributed by atoms with E-state index < -0.39 is 5.97 Å². The summed E-state index contributed by atoms with van der Waals surface area (Å²) in [5, 5.41) is 12.1. The van der Waals surface area contributed by atoms with Crippen LogP contribution in [0.1, 0.15) is 29.6 Å². The van der Waals surface area contributed by atoms with Gasteiger partial charge in [0.2, 0.25) is 0 Å². The SMILES string of the molecule is O=C(O)c1ccc(OCCNCC2CCCCO2)cc1. The van der Waals surface area contributed by atoms with Gasteiger partial charge in [-0.1, -0.05) is 0 Å². The summed E-state index contributed by atoms with van der Waals surface area (Å²) in [5.74, 6) is -0.239. The third-order valence-corrected chi connectivity index (χ3v) is 3.29. The van der Waals surface area contributed by atoms with Gasteiger partial charge in [0.25, 0.3) is 0 Å². The molecule has 1 aromatic rings. The molecule has 0 saturated carbocycles. The van der Waals surface area contributed by atoms with Crippen LogP contribution in [0.3, 0.4) is 0 Å². The minimum absolute atomic E-state index is 0.268. The Bertz CT molecular complexity index is 412. The fourth-order valence-corrected chi connectivity index (χ4v) is 2.17. The standard InChI is InChI=1S/C15H21NO4/c17-15(18)12-4-6-13(7-5-12)20-10-8-16-11-14-3-1-2-9-19-14/h4-7,14,16H,1-3,8-11H2,(H,17,18). The number of hydrogen-bond acceptors (Lipinski definition) is 4. The predicted molar refractivity (Wildman–Crippen MR) is 75.4 cm³/mol. The lowest BCUT2D eigenvalue weighted by Crippen LogP contribution is -2.33.